The molecule has 0 nitrogen and oxygen atoms in total. The molecule has 1 unspecified atom stereocenters. The molecule has 9 heavy (non-hydrogen) atoms. The van der Waals surface area contributed by atoms with E-state index in [1.807, 2.05) is 0 Å². The Labute approximate surface area is 58.0 Å². The molecule has 1 rings (SSSR count). The summed E-state index contributed by atoms with van der Waals surface area (Å²) in [5.74, 6) is 1.85. The van der Waals surface area contributed by atoms with E-state index in [2.05, 4.69) is 26.8 Å². The van der Waals surface area contributed by atoms with Crippen molar-refractivity contribution in [2.45, 2.75) is 33.6 Å². The highest BCUT2D eigenvalue weighted by atomic mass is 14.3. The lowest BCUT2D eigenvalue weighted by Crippen LogP contribution is -1.87. The second-order valence-corrected chi connectivity index (χ2v) is 3.39. The van der Waals surface area contributed by atoms with E-state index in [9.17, 15) is 0 Å². The smallest absolute Gasteiger partial charge is 0.0163 e. The maximum absolute atomic E-state index is 2.30. The molecule has 0 aliphatic heterocycles. The molecule has 1 atom stereocenters. The maximum atomic E-state index is 2.30. The summed E-state index contributed by atoms with van der Waals surface area (Å²) in [4.78, 5) is 0. The summed E-state index contributed by atoms with van der Waals surface area (Å²) in [6, 6.07) is 0. The monoisotopic (exact) mass is 124 g/mol. The minimum atomic E-state index is 0.882. The van der Waals surface area contributed by atoms with E-state index >= 15 is 0 Å². The van der Waals surface area contributed by atoms with Gasteiger partial charge in [-0.3, -0.25) is 0 Å². The first-order valence-electron chi connectivity index (χ1n) is 3.89. The van der Waals surface area contributed by atoms with Gasteiger partial charge in [0.1, 0.15) is 0 Å². The van der Waals surface area contributed by atoms with Gasteiger partial charge in [-0.25, -0.2) is 0 Å². The Morgan fingerprint density at radius 1 is 1.67 bits per heavy atom. The lowest BCUT2D eigenvalue weighted by Gasteiger charge is -1.98. The van der Waals surface area contributed by atoms with Crippen molar-refractivity contribution in [3.63, 3.8) is 0 Å². The van der Waals surface area contributed by atoms with Gasteiger partial charge in [0, 0.05) is 0 Å². The molecule has 0 saturated heterocycles. The van der Waals surface area contributed by atoms with E-state index in [0.29, 0.717) is 0 Å². The Morgan fingerprint density at radius 3 is 2.67 bits per heavy atom. The van der Waals surface area contributed by atoms with Crippen molar-refractivity contribution in [1.29, 1.82) is 0 Å². The van der Waals surface area contributed by atoms with Crippen LogP contribution < -0.4 is 0 Å². The van der Waals surface area contributed by atoms with Crippen LogP contribution in [0.5, 0.6) is 0 Å². The number of hydrogen-bond donors (Lipinski definition) is 0. The van der Waals surface area contributed by atoms with Crippen molar-refractivity contribution in [2.75, 3.05) is 0 Å². The highest BCUT2D eigenvalue weighted by Gasteiger charge is 2.28. The van der Waals surface area contributed by atoms with Crippen LogP contribution in [0.4, 0.5) is 0 Å². The van der Waals surface area contributed by atoms with Crippen LogP contribution in [0.2, 0.25) is 0 Å². The SMILES string of the molecule is CC=C1CC1CC(C)C. The Bertz CT molecular complexity index is 120. The van der Waals surface area contributed by atoms with E-state index in [1.165, 1.54) is 12.8 Å². The van der Waals surface area contributed by atoms with Gasteiger partial charge in [0.2, 0.25) is 0 Å². The van der Waals surface area contributed by atoms with Crippen LogP contribution >= 0.6 is 0 Å². The molecule has 0 aromatic carbocycles. The van der Waals surface area contributed by atoms with Crippen molar-refractivity contribution >= 4 is 0 Å². The zero-order chi connectivity index (χ0) is 6.85. The van der Waals surface area contributed by atoms with Crippen molar-refractivity contribution in [2.24, 2.45) is 11.8 Å². The van der Waals surface area contributed by atoms with Gasteiger partial charge in [-0.15, -0.1) is 0 Å². The second-order valence-electron chi connectivity index (χ2n) is 3.39. The summed E-state index contributed by atoms with van der Waals surface area (Å²) in [5, 5.41) is 0. The summed E-state index contributed by atoms with van der Waals surface area (Å²) in [6.45, 7) is 6.74. The first-order valence-corrected chi connectivity index (χ1v) is 3.89. The first kappa shape index (κ1) is 6.85. The number of allylic oxidation sites excluding steroid dienone is 2. The summed E-state index contributed by atoms with van der Waals surface area (Å²) < 4.78 is 0. The van der Waals surface area contributed by atoms with Gasteiger partial charge in [-0.05, 0) is 31.6 Å². The highest BCUT2D eigenvalue weighted by molar-refractivity contribution is 5.22. The van der Waals surface area contributed by atoms with Crippen LogP contribution in [0.15, 0.2) is 11.6 Å². The molecule has 0 spiro atoms. The van der Waals surface area contributed by atoms with Crippen LogP contribution in [-0.2, 0) is 0 Å². The Kier molecular flexibility index (Phi) is 1.94. The minimum absolute atomic E-state index is 0.882. The number of rotatable bonds is 2. The van der Waals surface area contributed by atoms with Crippen molar-refractivity contribution in [3.05, 3.63) is 11.6 Å². The zero-order valence-corrected chi connectivity index (χ0v) is 6.65. The maximum Gasteiger partial charge on any atom is -0.0163 e. The summed E-state index contributed by atoms with van der Waals surface area (Å²) in [5.41, 5.74) is 1.68. The van der Waals surface area contributed by atoms with Crippen LogP contribution in [0.25, 0.3) is 0 Å². The third-order valence-electron chi connectivity index (χ3n) is 1.97. The van der Waals surface area contributed by atoms with Gasteiger partial charge in [0.05, 0.1) is 0 Å². The van der Waals surface area contributed by atoms with Crippen LogP contribution in [0, 0.1) is 11.8 Å². The van der Waals surface area contributed by atoms with Crippen LogP contribution in [-0.4, -0.2) is 0 Å². The lowest BCUT2D eigenvalue weighted by molar-refractivity contribution is 0.551. The topological polar surface area (TPSA) is 0 Å². The molecule has 0 amide bonds. The molecule has 1 saturated carbocycles. The average molecular weight is 124 g/mol. The Hall–Kier alpha value is -0.260. The van der Waals surface area contributed by atoms with Gasteiger partial charge in [-0.2, -0.15) is 0 Å². The van der Waals surface area contributed by atoms with Gasteiger partial charge >= 0.3 is 0 Å². The standard InChI is InChI=1S/C9H16/c1-4-8-6-9(8)5-7(2)3/h4,7,9H,5-6H2,1-3H3. The average Bonchev–Trinajstić information content (AvgIpc) is 2.45. The fourth-order valence-corrected chi connectivity index (χ4v) is 1.38. The molecular weight excluding hydrogens is 108 g/mol. The molecule has 52 valence electrons. The largest absolute Gasteiger partial charge is 0.0881 e. The quantitative estimate of drug-likeness (QED) is 0.496. The molecule has 0 heteroatoms. The molecular formula is C9H16. The van der Waals surface area contributed by atoms with E-state index in [4.69, 9.17) is 0 Å². The van der Waals surface area contributed by atoms with Gasteiger partial charge in [0.25, 0.3) is 0 Å². The van der Waals surface area contributed by atoms with E-state index < -0.39 is 0 Å². The summed E-state index contributed by atoms with van der Waals surface area (Å²) in [7, 11) is 0. The van der Waals surface area contributed by atoms with Crippen LogP contribution in [0.1, 0.15) is 33.6 Å². The van der Waals surface area contributed by atoms with E-state index in [-0.39, 0.29) is 0 Å². The van der Waals surface area contributed by atoms with Gasteiger partial charge in [-0.1, -0.05) is 25.5 Å². The normalized spacial score (nSPS) is 29.8. The number of hydrogen-bond acceptors (Lipinski definition) is 0. The fraction of sp³-hybridized carbons (Fsp3) is 0.778. The van der Waals surface area contributed by atoms with Gasteiger partial charge < -0.3 is 0 Å². The molecule has 0 radical (unpaired) electrons. The predicted octanol–water partition coefficient (Wildman–Crippen LogP) is 3.00. The predicted molar refractivity (Wildman–Crippen MR) is 41.3 cm³/mol. The molecule has 1 fully saturated rings. The van der Waals surface area contributed by atoms with Crippen molar-refractivity contribution in [1.82, 2.24) is 0 Å². The Balaban J connectivity index is 2.20. The zero-order valence-electron chi connectivity index (χ0n) is 6.65. The molecule has 0 aromatic heterocycles. The Morgan fingerprint density at radius 2 is 2.33 bits per heavy atom. The molecule has 0 bridgehead atoms. The summed E-state index contributed by atoms with van der Waals surface area (Å²) >= 11 is 0. The third kappa shape index (κ3) is 1.85. The molecule has 0 aromatic rings. The highest BCUT2D eigenvalue weighted by Crippen LogP contribution is 2.41. The van der Waals surface area contributed by atoms with Crippen molar-refractivity contribution < 1.29 is 0 Å². The molecule has 1 aliphatic rings. The van der Waals surface area contributed by atoms with E-state index in [0.717, 1.165) is 11.8 Å². The van der Waals surface area contributed by atoms with Crippen LogP contribution in [0.3, 0.4) is 0 Å². The lowest BCUT2D eigenvalue weighted by atomic mass is 10.1. The molecule has 0 N–H and O–H groups in total. The second kappa shape index (κ2) is 2.55. The minimum Gasteiger partial charge on any atom is -0.0881 e. The third-order valence-corrected chi connectivity index (χ3v) is 1.97. The fourth-order valence-electron chi connectivity index (χ4n) is 1.38. The summed E-state index contributed by atoms with van der Waals surface area (Å²) in [6.07, 6.45) is 5.06. The van der Waals surface area contributed by atoms with Gasteiger partial charge in [0.15, 0.2) is 0 Å². The molecule has 1 aliphatic carbocycles. The van der Waals surface area contributed by atoms with Crippen molar-refractivity contribution in [3.8, 4) is 0 Å². The van der Waals surface area contributed by atoms with E-state index in [1.54, 1.807) is 5.57 Å². The molecule has 0 heterocycles. The first-order chi connectivity index (χ1) is 4.24.